The molecule has 0 N–H and O–H groups in total. The highest BCUT2D eigenvalue weighted by Gasteiger charge is 2.36. The summed E-state index contributed by atoms with van der Waals surface area (Å²) in [5.41, 5.74) is -0.839. The maximum Gasteiger partial charge on any atom is 0.426 e. The lowest BCUT2D eigenvalue weighted by atomic mass is 9.78. The minimum Gasteiger partial charge on any atom is -0.429 e. The van der Waals surface area contributed by atoms with Crippen molar-refractivity contribution in [3.63, 3.8) is 0 Å². The molecule has 6 heteroatoms. The third kappa shape index (κ3) is 6.00. The van der Waals surface area contributed by atoms with Gasteiger partial charge in [-0.25, -0.2) is 8.78 Å². The second kappa shape index (κ2) is 10.2. The fourth-order valence-corrected chi connectivity index (χ4v) is 4.37. The molecule has 1 aliphatic rings. The Bertz CT molecular complexity index is 889. The lowest BCUT2D eigenvalue weighted by Crippen LogP contribution is -2.22. The molecule has 0 aromatic heterocycles. The van der Waals surface area contributed by atoms with Gasteiger partial charge in [-0.15, -0.1) is 0 Å². The molecular formula is C25H27F4NO. The lowest BCUT2D eigenvalue weighted by molar-refractivity contribution is -0.185. The van der Waals surface area contributed by atoms with E-state index < -0.39 is 28.9 Å². The summed E-state index contributed by atoms with van der Waals surface area (Å²) < 4.78 is 60.8. The van der Waals surface area contributed by atoms with Crippen molar-refractivity contribution in [2.75, 3.05) is 0 Å². The zero-order valence-electron chi connectivity index (χ0n) is 17.6. The molecule has 0 bridgehead atoms. The Morgan fingerprint density at radius 3 is 2.03 bits per heavy atom. The van der Waals surface area contributed by atoms with Gasteiger partial charge in [-0.1, -0.05) is 57.6 Å². The molecule has 0 atom stereocenters. The first-order valence-corrected chi connectivity index (χ1v) is 10.9. The maximum absolute atomic E-state index is 14.4. The number of benzene rings is 2. The number of ether oxygens (including phenoxy) is 1. The highest BCUT2D eigenvalue weighted by Crippen LogP contribution is 2.35. The van der Waals surface area contributed by atoms with E-state index in [1.54, 1.807) is 12.1 Å². The molecule has 2 aromatic carbocycles. The van der Waals surface area contributed by atoms with E-state index in [9.17, 15) is 17.6 Å². The van der Waals surface area contributed by atoms with E-state index in [2.05, 4.69) is 6.92 Å². The molecule has 0 aliphatic heterocycles. The van der Waals surface area contributed by atoms with Crippen molar-refractivity contribution in [1.82, 2.24) is 0 Å². The number of nitrogens with zero attached hydrogens (tertiary/aromatic N) is 1. The van der Waals surface area contributed by atoms with Gasteiger partial charge in [0.25, 0.3) is 0 Å². The van der Waals surface area contributed by atoms with Gasteiger partial charge in [0.2, 0.25) is 0 Å². The van der Waals surface area contributed by atoms with Crippen molar-refractivity contribution >= 4 is 0 Å². The number of hydrogen-bond donors (Lipinski definition) is 0. The third-order valence-corrected chi connectivity index (χ3v) is 6.16. The standard InChI is InChI=1S/C25H27F4NO/c1-2-3-17-4-6-18(7-5-17)8-9-19-10-12-21(13-11-19)31-25(28,29)20-14-23(26)22(16-30)24(27)15-20/h10-15,17-18H,2-9H2,1H3. The third-order valence-electron chi connectivity index (χ3n) is 6.16. The first-order valence-electron chi connectivity index (χ1n) is 10.9. The quantitative estimate of drug-likeness (QED) is 0.404. The lowest BCUT2D eigenvalue weighted by Gasteiger charge is -2.28. The van der Waals surface area contributed by atoms with Crippen molar-refractivity contribution in [3.8, 4) is 11.8 Å². The van der Waals surface area contributed by atoms with E-state index in [1.165, 1.54) is 56.7 Å². The van der Waals surface area contributed by atoms with Gasteiger partial charge in [0.05, 0.1) is 5.56 Å². The molecule has 1 fully saturated rings. The van der Waals surface area contributed by atoms with Crippen LogP contribution in [0.25, 0.3) is 0 Å². The monoisotopic (exact) mass is 433 g/mol. The summed E-state index contributed by atoms with van der Waals surface area (Å²) in [5.74, 6) is -1.20. The molecule has 31 heavy (non-hydrogen) atoms. The van der Waals surface area contributed by atoms with E-state index >= 15 is 0 Å². The highest BCUT2D eigenvalue weighted by molar-refractivity contribution is 5.37. The van der Waals surface area contributed by atoms with Crippen LogP contribution in [0, 0.1) is 34.8 Å². The van der Waals surface area contributed by atoms with Gasteiger partial charge in [-0.2, -0.15) is 14.0 Å². The van der Waals surface area contributed by atoms with E-state index in [0.717, 1.165) is 30.2 Å². The summed E-state index contributed by atoms with van der Waals surface area (Å²) in [4.78, 5) is 0. The van der Waals surface area contributed by atoms with Crippen molar-refractivity contribution < 1.29 is 22.3 Å². The molecule has 3 rings (SSSR count). The fourth-order valence-electron chi connectivity index (χ4n) is 4.37. The van der Waals surface area contributed by atoms with Crippen LogP contribution in [-0.2, 0) is 12.5 Å². The van der Waals surface area contributed by atoms with E-state index in [0.29, 0.717) is 12.1 Å². The first-order chi connectivity index (χ1) is 14.8. The van der Waals surface area contributed by atoms with Crippen LogP contribution < -0.4 is 4.74 Å². The molecule has 0 saturated heterocycles. The van der Waals surface area contributed by atoms with Crippen LogP contribution >= 0.6 is 0 Å². The summed E-state index contributed by atoms with van der Waals surface area (Å²) in [7, 11) is 0. The number of hydrogen-bond acceptors (Lipinski definition) is 2. The Hall–Kier alpha value is -2.55. The van der Waals surface area contributed by atoms with Crippen molar-refractivity contribution in [2.24, 2.45) is 11.8 Å². The molecule has 1 saturated carbocycles. The summed E-state index contributed by atoms with van der Waals surface area (Å²) in [6, 6.07) is 8.52. The topological polar surface area (TPSA) is 33.0 Å². The van der Waals surface area contributed by atoms with Gasteiger partial charge >= 0.3 is 6.11 Å². The van der Waals surface area contributed by atoms with Crippen LogP contribution in [0.2, 0.25) is 0 Å². The fraction of sp³-hybridized carbons (Fsp3) is 0.480. The minimum atomic E-state index is -3.94. The van der Waals surface area contributed by atoms with Gasteiger partial charge in [-0.3, -0.25) is 0 Å². The SMILES string of the molecule is CCCC1CCC(CCc2ccc(OC(F)(F)c3cc(F)c(C#N)c(F)c3)cc2)CC1. The summed E-state index contributed by atoms with van der Waals surface area (Å²) in [6.07, 6.45) is 5.72. The van der Waals surface area contributed by atoms with Crippen LogP contribution in [0.4, 0.5) is 17.6 Å². The van der Waals surface area contributed by atoms with E-state index in [-0.39, 0.29) is 5.75 Å². The van der Waals surface area contributed by atoms with Crippen LogP contribution in [0.5, 0.6) is 5.75 Å². The second-order valence-electron chi connectivity index (χ2n) is 8.40. The molecule has 0 unspecified atom stereocenters. The number of rotatable bonds is 8. The van der Waals surface area contributed by atoms with Crippen molar-refractivity contribution in [2.45, 2.75) is 64.4 Å². The van der Waals surface area contributed by atoms with Crippen LogP contribution in [-0.4, -0.2) is 0 Å². The molecule has 0 heterocycles. The molecule has 1 aliphatic carbocycles. The normalized spacial score (nSPS) is 19.1. The Kier molecular flexibility index (Phi) is 7.59. The van der Waals surface area contributed by atoms with Gasteiger partial charge in [0.1, 0.15) is 29.0 Å². The summed E-state index contributed by atoms with van der Waals surface area (Å²) in [5, 5.41) is 8.67. The number of halogens is 4. The second-order valence-corrected chi connectivity index (χ2v) is 8.40. The van der Waals surface area contributed by atoms with Crippen LogP contribution in [0.15, 0.2) is 36.4 Å². The van der Waals surface area contributed by atoms with Crippen LogP contribution in [0.1, 0.15) is 68.6 Å². The van der Waals surface area contributed by atoms with Crippen LogP contribution in [0.3, 0.4) is 0 Å². The zero-order chi connectivity index (χ0) is 22.4. The molecule has 0 amide bonds. The van der Waals surface area contributed by atoms with Gasteiger partial charge in [0, 0.05) is 0 Å². The van der Waals surface area contributed by atoms with Crippen molar-refractivity contribution in [3.05, 3.63) is 64.7 Å². The first kappa shape index (κ1) is 23.1. The molecular weight excluding hydrogens is 406 g/mol. The van der Waals surface area contributed by atoms with Gasteiger partial charge < -0.3 is 4.74 Å². The predicted molar refractivity (Wildman–Crippen MR) is 111 cm³/mol. The smallest absolute Gasteiger partial charge is 0.426 e. The predicted octanol–water partition coefficient (Wildman–Crippen LogP) is 7.50. The molecule has 166 valence electrons. The Morgan fingerprint density at radius 1 is 0.968 bits per heavy atom. The average Bonchev–Trinajstić information content (AvgIpc) is 2.74. The van der Waals surface area contributed by atoms with Gasteiger partial charge in [-0.05, 0) is 54.5 Å². The Morgan fingerprint density at radius 2 is 1.52 bits per heavy atom. The molecule has 2 aromatic rings. The Balaban J connectivity index is 1.56. The minimum absolute atomic E-state index is 0.0981. The van der Waals surface area contributed by atoms with E-state index in [4.69, 9.17) is 10.00 Å². The molecule has 0 radical (unpaired) electrons. The number of aryl methyl sites for hydroxylation is 1. The van der Waals surface area contributed by atoms with Gasteiger partial charge in [0.15, 0.2) is 0 Å². The zero-order valence-corrected chi connectivity index (χ0v) is 17.6. The average molecular weight is 433 g/mol. The Labute approximate surface area is 180 Å². The maximum atomic E-state index is 14.4. The number of nitriles is 1. The molecule has 2 nitrogen and oxygen atoms in total. The molecule has 0 spiro atoms. The highest BCUT2D eigenvalue weighted by atomic mass is 19.3. The largest absolute Gasteiger partial charge is 0.429 e. The van der Waals surface area contributed by atoms with Crippen molar-refractivity contribution in [1.29, 1.82) is 5.26 Å². The number of alkyl halides is 2. The summed E-state index contributed by atoms with van der Waals surface area (Å²) in [6.45, 7) is 2.23. The van der Waals surface area contributed by atoms with E-state index in [1.807, 2.05) is 0 Å². The summed E-state index contributed by atoms with van der Waals surface area (Å²) >= 11 is 0.